The Bertz CT molecular complexity index is 2730. The van der Waals surface area contributed by atoms with Crippen LogP contribution in [0.4, 0.5) is 0 Å². The standard InChI is InChI=1S/C52H43N3/c1-50(2)43-17-11-9-15-39(43)41-25-23-37(31-45(41)50)33-19-21-35(22-20-33)48-53-47(34-13-7-6-8-14-34)54-49(55-48)36-27-29-52(5,30-28-36)38-24-26-42-40-16-10-12-18-44(40)51(3,4)46(42)32-38/h6-29,31-32H,30H2,1-5H3. The van der Waals surface area contributed by atoms with E-state index in [9.17, 15) is 0 Å². The molecular weight excluding hydrogens is 667 g/mol. The molecule has 1 unspecified atom stereocenters. The maximum Gasteiger partial charge on any atom is 0.164 e. The summed E-state index contributed by atoms with van der Waals surface area (Å²) in [6.45, 7) is 11.7. The minimum absolute atomic E-state index is 0.0321. The lowest BCUT2D eigenvalue weighted by atomic mass is 9.73. The van der Waals surface area contributed by atoms with E-state index in [4.69, 9.17) is 15.0 Å². The molecule has 0 saturated heterocycles. The van der Waals surface area contributed by atoms with E-state index in [0.29, 0.717) is 17.5 Å². The summed E-state index contributed by atoms with van der Waals surface area (Å²) >= 11 is 0. The number of benzene rings is 6. The molecule has 0 bridgehead atoms. The summed E-state index contributed by atoms with van der Waals surface area (Å²) < 4.78 is 0. The number of hydrogen-bond donors (Lipinski definition) is 0. The average Bonchev–Trinajstić information content (AvgIpc) is 3.60. The smallest absolute Gasteiger partial charge is 0.164 e. The van der Waals surface area contributed by atoms with Crippen molar-refractivity contribution >= 4 is 5.57 Å². The molecule has 0 aliphatic heterocycles. The highest BCUT2D eigenvalue weighted by Gasteiger charge is 2.37. The molecule has 3 aliphatic rings. The van der Waals surface area contributed by atoms with E-state index in [-0.39, 0.29) is 16.2 Å². The Kier molecular flexibility index (Phi) is 7.38. The molecule has 1 atom stereocenters. The van der Waals surface area contributed by atoms with E-state index in [2.05, 4.69) is 174 Å². The van der Waals surface area contributed by atoms with Crippen molar-refractivity contribution in [3.8, 4) is 56.2 Å². The van der Waals surface area contributed by atoms with Crippen molar-refractivity contribution in [2.24, 2.45) is 0 Å². The molecule has 1 aromatic heterocycles. The summed E-state index contributed by atoms with van der Waals surface area (Å²) in [6.07, 6.45) is 7.71. The highest BCUT2D eigenvalue weighted by molar-refractivity contribution is 5.84. The highest BCUT2D eigenvalue weighted by Crippen LogP contribution is 2.51. The van der Waals surface area contributed by atoms with Crippen molar-refractivity contribution in [1.82, 2.24) is 15.0 Å². The molecule has 10 rings (SSSR count). The Morgan fingerprint density at radius 3 is 1.53 bits per heavy atom. The molecule has 0 amide bonds. The molecular formula is C52H43N3. The van der Waals surface area contributed by atoms with Gasteiger partial charge in [-0.1, -0.05) is 186 Å². The quantitative estimate of drug-likeness (QED) is 0.179. The first kappa shape index (κ1) is 33.4. The van der Waals surface area contributed by atoms with Crippen molar-refractivity contribution in [2.75, 3.05) is 0 Å². The van der Waals surface area contributed by atoms with E-state index in [0.717, 1.165) is 23.1 Å². The van der Waals surface area contributed by atoms with E-state index < -0.39 is 0 Å². The summed E-state index contributed by atoms with van der Waals surface area (Å²) in [4.78, 5) is 15.2. The van der Waals surface area contributed by atoms with Crippen molar-refractivity contribution in [3.63, 3.8) is 0 Å². The molecule has 55 heavy (non-hydrogen) atoms. The van der Waals surface area contributed by atoms with Crippen molar-refractivity contribution in [2.45, 2.75) is 57.3 Å². The lowest BCUT2D eigenvalue weighted by Crippen LogP contribution is -2.22. The van der Waals surface area contributed by atoms with Gasteiger partial charge in [-0.25, -0.2) is 15.0 Å². The highest BCUT2D eigenvalue weighted by atomic mass is 15.0. The van der Waals surface area contributed by atoms with Gasteiger partial charge < -0.3 is 0 Å². The fourth-order valence-electron chi connectivity index (χ4n) is 9.22. The lowest BCUT2D eigenvalue weighted by Gasteiger charge is -2.30. The molecule has 6 aromatic carbocycles. The van der Waals surface area contributed by atoms with Crippen LogP contribution in [0.5, 0.6) is 0 Å². The van der Waals surface area contributed by atoms with Gasteiger partial charge in [-0.3, -0.25) is 0 Å². The molecule has 0 fully saturated rings. The molecule has 3 heteroatoms. The van der Waals surface area contributed by atoms with E-state index in [1.165, 1.54) is 61.2 Å². The summed E-state index contributed by atoms with van der Waals surface area (Å²) in [6, 6.07) is 50.5. The van der Waals surface area contributed by atoms with Gasteiger partial charge >= 0.3 is 0 Å². The zero-order valence-corrected chi connectivity index (χ0v) is 32.1. The minimum Gasteiger partial charge on any atom is -0.208 e. The molecule has 1 heterocycles. The lowest BCUT2D eigenvalue weighted by molar-refractivity contribution is 0.595. The molecule has 7 aromatic rings. The van der Waals surface area contributed by atoms with E-state index in [1.54, 1.807) is 0 Å². The van der Waals surface area contributed by atoms with Crippen molar-refractivity contribution in [3.05, 3.63) is 191 Å². The SMILES string of the molecule is CC1(c2ccc3c(c2)C(C)(C)c2ccccc2-3)C=CC(c2nc(-c3ccccc3)nc(-c3ccc(-c4ccc5c(c4)C(C)(C)c4ccccc4-5)cc3)n2)=CC1. The Morgan fingerprint density at radius 2 is 0.909 bits per heavy atom. The van der Waals surface area contributed by atoms with Crippen LogP contribution in [0.2, 0.25) is 0 Å². The third-order valence-corrected chi connectivity index (χ3v) is 12.6. The first-order valence-electron chi connectivity index (χ1n) is 19.4. The number of hydrogen-bond acceptors (Lipinski definition) is 3. The van der Waals surface area contributed by atoms with Crippen LogP contribution >= 0.6 is 0 Å². The molecule has 266 valence electrons. The first-order valence-corrected chi connectivity index (χ1v) is 19.4. The van der Waals surface area contributed by atoms with Crippen LogP contribution in [-0.4, -0.2) is 15.0 Å². The Morgan fingerprint density at radius 1 is 0.418 bits per heavy atom. The normalized spacial score (nSPS) is 18.2. The van der Waals surface area contributed by atoms with Gasteiger partial charge in [0.25, 0.3) is 0 Å². The Balaban J connectivity index is 0.969. The number of rotatable bonds is 5. The second-order valence-electron chi connectivity index (χ2n) is 16.7. The number of fused-ring (bicyclic) bond motifs is 6. The largest absolute Gasteiger partial charge is 0.208 e. The molecule has 0 saturated carbocycles. The van der Waals surface area contributed by atoms with Crippen LogP contribution in [-0.2, 0) is 16.2 Å². The maximum atomic E-state index is 5.11. The monoisotopic (exact) mass is 709 g/mol. The third-order valence-electron chi connectivity index (χ3n) is 12.6. The van der Waals surface area contributed by atoms with E-state index in [1.807, 2.05) is 18.2 Å². The average molecular weight is 710 g/mol. The molecule has 0 radical (unpaired) electrons. The second-order valence-corrected chi connectivity index (χ2v) is 16.7. The van der Waals surface area contributed by atoms with Crippen LogP contribution in [0, 0.1) is 0 Å². The van der Waals surface area contributed by atoms with E-state index >= 15 is 0 Å². The van der Waals surface area contributed by atoms with Gasteiger partial charge in [0.05, 0.1) is 0 Å². The van der Waals surface area contributed by atoms with Crippen LogP contribution in [0.3, 0.4) is 0 Å². The van der Waals surface area contributed by atoms with Gasteiger partial charge in [-0.2, -0.15) is 0 Å². The molecule has 3 nitrogen and oxygen atoms in total. The molecule has 0 spiro atoms. The van der Waals surface area contributed by atoms with Gasteiger partial charge in [0.1, 0.15) is 0 Å². The van der Waals surface area contributed by atoms with Crippen molar-refractivity contribution in [1.29, 1.82) is 0 Å². The zero-order valence-electron chi connectivity index (χ0n) is 32.1. The fraction of sp³-hybridized carbons (Fsp3) is 0.173. The number of allylic oxidation sites excluding steroid dienone is 4. The Labute approximate surface area is 324 Å². The maximum absolute atomic E-state index is 5.11. The summed E-state index contributed by atoms with van der Waals surface area (Å²) in [5.74, 6) is 2.04. The van der Waals surface area contributed by atoms with Gasteiger partial charge in [-0.15, -0.1) is 0 Å². The summed E-state index contributed by atoms with van der Waals surface area (Å²) in [7, 11) is 0. The molecule has 3 aliphatic carbocycles. The first-order chi connectivity index (χ1) is 26.6. The number of nitrogens with zero attached hydrogens (tertiary/aromatic N) is 3. The third kappa shape index (κ3) is 5.28. The Hall–Kier alpha value is -6.19. The fourth-order valence-corrected chi connectivity index (χ4v) is 9.22. The predicted octanol–water partition coefficient (Wildman–Crippen LogP) is 12.8. The van der Waals surface area contributed by atoms with Crippen LogP contribution in [0.1, 0.15) is 74.7 Å². The van der Waals surface area contributed by atoms with Gasteiger partial charge in [0, 0.05) is 32.9 Å². The zero-order chi connectivity index (χ0) is 37.5. The second kappa shape index (κ2) is 12.2. The van der Waals surface area contributed by atoms with Crippen LogP contribution < -0.4 is 0 Å². The van der Waals surface area contributed by atoms with Gasteiger partial charge in [0.2, 0.25) is 0 Å². The number of aromatic nitrogens is 3. The van der Waals surface area contributed by atoms with Gasteiger partial charge in [0.15, 0.2) is 17.5 Å². The van der Waals surface area contributed by atoms with Crippen LogP contribution in [0.15, 0.2) is 158 Å². The molecule has 0 N–H and O–H groups in total. The van der Waals surface area contributed by atoms with Gasteiger partial charge in [-0.05, 0) is 73.7 Å². The topological polar surface area (TPSA) is 38.7 Å². The minimum atomic E-state index is -0.146. The predicted molar refractivity (Wildman–Crippen MR) is 227 cm³/mol. The van der Waals surface area contributed by atoms with Crippen LogP contribution in [0.25, 0.3) is 61.7 Å². The summed E-state index contributed by atoms with van der Waals surface area (Å²) in [5, 5.41) is 0. The summed E-state index contributed by atoms with van der Waals surface area (Å²) in [5.41, 5.74) is 17.4. The van der Waals surface area contributed by atoms with Crippen molar-refractivity contribution < 1.29 is 0 Å².